The number of sulfone groups is 1. The van der Waals surface area contributed by atoms with Crippen LogP contribution in [0.15, 0.2) is 40.3 Å². The van der Waals surface area contributed by atoms with Crippen LogP contribution >= 0.6 is 11.3 Å². The Morgan fingerprint density at radius 3 is 2.35 bits per heavy atom. The van der Waals surface area contributed by atoms with Gasteiger partial charge in [-0.1, -0.05) is 58.4 Å². The molecule has 0 N–H and O–H groups in total. The molecule has 0 saturated carbocycles. The summed E-state index contributed by atoms with van der Waals surface area (Å²) < 4.78 is 39.5. The van der Waals surface area contributed by atoms with Gasteiger partial charge in [-0.05, 0) is 56.5 Å². The number of methoxy groups -OCH3 is 1. The van der Waals surface area contributed by atoms with Crippen LogP contribution in [0.4, 0.5) is 0 Å². The van der Waals surface area contributed by atoms with Crippen LogP contribution in [0.1, 0.15) is 54.9 Å². The molecule has 0 fully saturated rings. The highest BCUT2D eigenvalue weighted by molar-refractivity contribution is 7.93. The third kappa shape index (κ3) is 7.47. The van der Waals surface area contributed by atoms with Crippen molar-refractivity contribution in [2.24, 2.45) is 11.8 Å². The predicted octanol–water partition coefficient (Wildman–Crippen LogP) is 7.10. The Labute approximate surface area is 212 Å². The molecule has 8 heteroatoms. The number of ether oxygens (including phenoxy) is 1. The van der Waals surface area contributed by atoms with Crippen LogP contribution in [-0.2, 0) is 19.0 Å². The highest BCUT2D eigenvalue weighted by atomic mass is 32.2. The largest absolute Gasteiger partial charge is 0.412 e. The molecule has 0 aliphatic carbocycles. The van der Waals surface area contributed by atoms with Gasteiger partial charge in [0.2, 0.25) is 14.2 Å². The Kier molecular flexibility index (Phi) is 9.72. The maximum Gasteiger partial charge on any atom is 0.210 e. The standard InChI is InChI=1S/C26H43NO4S2Si/c1-18(16-20(3)24(30-8)21(4)31-34(9,10)26(5,6)7)15-19(2)17-33(28,29)25-27-22-13-11-12-14-23(22)32-25/h11-14,16,19-21,24H,15,17H2,1-10H3/b18-16+. The highest BCUT2D eigenvalue weighted by Crippen LogP contribution is 2.38. The lowest BCUT2D eigenvalue weighted by Crippen LogP contribution is -2.47. The van der Waals surface area contributed by atoms with Crippen LogP contribution in [-0.4, -0.2) is 46.8 Å². The fourth-order valence-corrected chi connectivity index (χ4v) is 8.53. The molecule has 2 aromatic rings. The van der Waals surface area contributed by atoms with E-state index in [1.165, 1.54) is 16.9 Å². The molecule has 0 aliphatic heterocycles. The van der Waals surface area contributed by atoms with Gasteiger partial charge in [-0.2, -0.15) is 0 Å². The molecule has 34 heavy (non-hydrogen) atoms. The molecule has 1 aromatic carbocycles. The predicted molar refractivity (Wildman–Crippen MR) is 147 cm³/mol. The summed E-state index contributed by atoms with van der Waals surface area (Å²) in [7, 11) is -3.59. The number of nitrogens with zero attached hydrogens (tertiary/aromatic N) is 1. The van der Waals surface area contributed by atoms with Gasteiger partial charge in [0.1, 0.15) is 0 Å². The zero-order valence-corrected chi connectivity index (χ0v) is 25.1. The molecule has 4 atom stereocenters. The smallest absolute Gasteiger partial charge is 0.210 e. The van der Waals surface area contributed by atoms with Crippen molar-refractivity contribution in [1.82, 2.24) is 4.98 Å². The molecule has 0 radical (unpaired) electrons. The topological polar surface area (TPSA) is 65.5 Å². The van der Waals surface area contributed by atoms with Gasteiger partial charge < -0.3 is 9.16 Å². The Bertz CT molecular complexity index is 1050. The van der Waals surface area contributed by atoms with Gasteiger partial charge >= 0.3 is 0 Å². The molecule has 0 bridgehead atoms. The highest BCUT2D eigenvalue weighted by Gasteiger charge is 2.40. The number of para-hydroxylation sites is 1. The minimum absolute atomic E-state index is 0.0117. The van der Waals surface area contributed by atoms with Gasteiger partial charge in [-0.25, -0.2) is 13.4 Å². The van der Waals surface area contributed by atoms with E-state index in [1.54, 1.807) is 7.11 Å². The third-order valence-corrected chi connectivity index (χ3v) is 14.8. The minimum atomic E-state index is -3.42. The van der Waals surface area contributed by atoms with E-state index in [2.05, 4.69) is 65.7 Å². The van der Waals surface area contributed by atoms with Crippen LogP contribution in [0.25, 0.3) is 10.2 Å². The first-order chi connectivity index (χ1) is 15.6. The molecule has 1 aromatic heterocycles. The molecular weight excluding hydrogens is 483 g/mol. The Hall–Kier alpha value is -1.06. The van der Waals surface area contributed by atoms with Crippen molar-refractivity contribution >= 4 is 39.7 Å². The molecule has 0 aliphatic rings. The van der Waals surface area contributed by atoms with Gasteiger partial charge in [0.15, 0.2) is 8.32 Å². The van der Waals surface area contributed by atoms with Crippen LogP contribution in [0.2, 0.25) is 18.1 Å². The van der Waals surface area contributed by atoms with Crippen LogP contribution in [0.5, 0.6) is 0 Å². The van der Waals surface area contributed by atoms with Crippen molar-refractivity contribution in [3.05, 3.63) is 35.9 Å². The molecule has 5 nitrogen and oxygen atoms in total. The van der Waals surface area contributed by atoms with Gasteiger partial charge in [0, 0.05) is 13.0 Å². The van der Waals surface area contributed by atoms with E-state index in [0.717, 1.165) is 10.2 Å². The van der Waals surface area contributed by atoms with E-state index in [9.17, 15) is 8.42 Å². The lowest BCUT2D eigenvalue weighted by molar-refractivity contribution is -0.0162. The molecule has 2 rings (SSSR count). The first-order valence-corrected chi connectivity index (χ1v) is 17.4. The van der Waals surface area contributed by atoms with Crippen molar-refractivity contribution in [3.63, 3.8) is 0 Å². The van der Waals surface area contributed by atoms with E-state index in [4.69, 9.17) is 9.16 Å². The molecular formula is C26H43NO4S2Si. The molecule has 0 saturated heterocycles. The maximum absolute atomic E-state index is 13.0. The number of fused-ring (bicyclic) bond motifs is 1. The molecule has 4 unspecified atom stereocenters. The summed E-state index contributed by atoms with van der Waals surface area (Å²) in [5, 5.41) is 0.138. The fourth-order valence-electron chi connectivity index (χ4n) is 4.19. The summed E-state index contributed by atoms with van der Waals surface area (Å²) in [4.78, 5) is 4.35. The Balaban J connectivity index is 2.04. The molecule has 192 valence electrons. The SMILES string of the molecule is COC(C(C)/C=C(\C)CC(C)CS(=O)(=O)c1nc2ccccc2s1)C(C)O[Si](C)(C)C(C)(C)C. The average Bonchev–Trinajstić information content (AvgIpc) is 3.11. The van der Waals surface area contributed by atoms with E-state index >= 15 is 0 Å². The lowest BCUT2D eigenvalue weighted by atomic mass is 9.95. The number of allylic oxidation sites excluding steroid dienone is 1. The number of benzene rings is 1. The third-order valence-electron chi connectivity index (χ3n) is 6.80. The summed E-state index contributed by atoms with van der Waals surface area (Å²) in [6, 6.07) is 7.54. The van der Waals surface area contributed by atoms with Gasteiger partial charge in [0.05, 0.1) is 28.2 Å². The van der Waals surface area contributed by atoms with E-state index in [-0.39, 0.29) is 39.2 Å². The van der Waals surface area contributed by atoms with E-state index < -0.39 is 18.2 Å². The van der Waals surface area contributed by atoms with Crippen molar-refractivity contribution in [1.29, 1.82) is 0 Å². The van der Waals surface area contributed by atoms with Crippen LogP contribution < -0.4 is 0 Å². The molecule has 1 heterocycles. The summed E-state index contributed by atoms with van der Waals surface area (Å²) in [6.45, 7) is 19.5. The summed E-state index contributed by atoms with van der Waals surface area (Å²) in [5.41, 5.74) is 1.91. The van der Waals surface area contributed by atoms with E-state index in [0.29, 0.717) is 6.42 Å². The lowest BCUT2D eigenvalue weighted by Gasteiger charge is -2.41. The van der Waals surface area contributed by atoms with Crippen molar-refractivity contribution in [2.45, 2.75) is 89.6 Å². The normalized spacial score (nSPS) is 17.5. The zero-order valence-electron chi connectivity index (χ0n) is 22.5. The Morgan fingerprint density at radius 2 is 1.79 bits per heavy atom. The second-order valence-electron chi connectivity index (χ2n) is 11.2. The van der Waals surface area contributed by atoms with Gasteiger partial charge in [0.25, 0.3) is 0 Å². The monoisotopic (exact) mass is 525 g/mol. The second kappa shape index (κ2) is 11.3. The van der Waals surface area contributed by atoms with Crippen molar-refractivity contribution < 1.29 is 17.6 Å². The van der Waals surface area contributed by atoms with Gasteiger partial charge in [-0.3, -0.25) is 0 Å². The van der Waals surface area contributed by atoms with Crippen molar-refractivity contribution in [3.8, 4) is 0 Å². The van der Waals surface area contributed by atoms with Crippen LogP contribution in [0, 0.1) is 11.8 Å². The first kappa shape index (κ1) is 29.2. The maximum atomic E-state index is 13.0. The molecule has 0 amide bonds. The number of hydrogen-bond donors (Lipinski definition) is 0. The number of aromatic nitrogens is 1. The first-order valence-electron chi connectivity index (χ1n) is 12.0. The number of thiazole rings is 1. The average molecular weight is 526 g/mol. The fraction of sp³-hybridized carbons (Fsp3) is 0.654. The van der Waals surface area contributed by atoms with Crippen molar-refractivity contribution in [2.75, 3.05) is 12.9 Å². The Morgan fingerprint density at radius 1 is 1.18 bits per heavy atom. The number of rotatable bonds is 11. The molecule has 0 spiro atoms. The quantitative estimate of drug-likeness (QED) is 0.231. The second-order valence-corrected chi connectivity index (χ2v) is 19.2. The minimum Gasteiger partial charge on any atom is -0.412 e. The summed E-state index contributed by atoms with van der Waals surface area (Å²) in [6.07, 6.45) is 2.83. The summed E-state index contributed by atoms with van der Waals surface area (Å²) in [5.74, 6) is 0.227. The van der Waals surface area contributed by atoms with Gasteiger partial charge in [-0.15, -0.1) is 11.3 Å². The summed E-state index contributed by atoms with van der Waals surface area (Å²) >= 11 is 1.25. The zero-order chi connectivity index (χ0) is 25.9. The van der Waals surface area contributed by atoms with Crippen LogP contribution in [0.3, 0.4) is 0 Å². The van der Waals surface area contributed by atoms with E-state index in [1.807, 2.05) is 31.2 Å². The number of hydrogen-bond acceptors (Lipinski definition) is 6.